The van der Waals surface area contributed by atoms with Gasteiger partial charge in [0.05, 0.1) is 0 Å². The van der Waals surface area contributed by atoms with Gasteiger partial charge in [0.25, 0.3) is 5.22 Å². The van der Waals surface area contributed by atoms with Crippen molar-refractivity contribution in [2.24, 2.45) is 0 Å². The van der Waals surface area contributed by atoms with Crippen LogP contribution in [0, 0.1) is 13.8 Å². The van der Waals surface area contributed by atoms with Crippen molar-refractivity contribution in [2.45, 2.75) is 43.9 Å². The molecule has 2 heterocycles. The van der Waals surface area contributed by atoms with Gasteiger partial charge in [-0.3, -0.25) is 0 Å². The largest absolute Gasteiger partial charge is 0.416 e. The van der Waals surface area contributed by atoms with Gasteiger partial charge in [-0.15, -0.1) is 10.2 Å². The molecule has 2 rings (SSSR count). The standard InChI is InChI=1S/C11H15N5OS/c1-4-5-8-13-9(12)6(2)10(14-8)18-11-16-15-7(3)17-11/h4-5H2,1-3H3,(H2,12,13,14). The SMILES string of the molecule is CCCc1nc(N)c(C)c(Sc2nnc(C)o2)n1. The van der Waals surface area contributed by atoms with Crippen molar-refractivity contribution in [3.8, 4) is 0 Å². The number of rotatable bonds is 4. The summed E-state index contributed by atoms with van der Waals surface area (Å²) in [5, 5.41) is 8.96. The highest BCUT2D eigenvalue weighted by atomic mass is 32.2. The zero-order valence-electron chi connectivity index (χ0n) is 10.6. The molecule has 18 heavy (non-hydrogen) atoms. The summed E-state index contributed by atoms with van der Waals surface area (Å²) in [4.78, 5) is 8.73. The van der Waals surface area contributed by atoms with Gasteiger partial charge in [-0.05, 0) is 25.1 Å². The van der Waals surface area contributed by atoms with Gasteiger partial charge in [-0.25, -0.2) is 9.97 Å². The topological polar surface area (TPSA) is 90.7 Å². The van der Waals surface area contributed by atoms with E-state index in [-0.39, 0.29) is 0 Å². The number of nitrogen functional groups attached to an aromatic ring is 1. The van der Waals surface area contributed by atoms with Gasteiger partial charge in [0.2, 0.25) is 5.89 Å². The van der Waals surface area contributed by atoms with Crippen LogP contribution in [0.2, 0.25) is 0 Å². The van der Waals surface area contributed by atoms with E-state index in [1.54, 1.807) is 6.92 Å². The van der Waals surface area contributed by atoms with Gasteiger partial charge in [0.1, 0.15) is 16.7 Å². The Hall–Kier alpha value is -1.63. The van der Waals surface area contributed by atoms with E-state index in [2.05, 4.69) is 27.1 Å². The van der Waals surface area contributed by atoms with E-state index in [9.17, 15) is 0 Å². The van der Waals surface area contributed by atoms with Gasteiger partial charge >= 0.3 is 0 Å². The zero-order valence-corrected chi connectivity index (χ0v) is 11.4. The Balaban J connectivity index is 2.31. The van der Waals surface area contributed by atoms with Crippen LogP contribution >= 0.6 is 11.8 Å². The van der Waals surface area contributed by atoms with Crippen LogP contribution in [0.5, 0.6) is 0 Å². The molecule has 2 N–H and O–H groups in total. The van der Waals surface area contributed by atoms with E-state index in [0.717, 1.165) is 29.3 Å². The minimum atomic E-state index is 0.469. The second-order valence-electron chi connectivity index (χ2n) is 3.89. The first kappa shape index (κ1) is 12.8. The van der Waals surface area contributed by atoms with E-state index in [1.807, 2.05) is 6.92 Å². The lowest BCUT2D eigenvalue weighted by molar-refractivity contribution is 0.429. The van der Waals surface area contributed by atoms with E-state index < -0.39 is 0 Å². The zero-order chi connectivity index (χ0) is 13.1. The van der Waals surface area contributed by atoms with E-state index in [1.165, 1.54) is 11.8 Å². The molecular formula is C11H15N5OS. The third-order valence-electron chi connectivity index (χ3n) is 2.35. The summed E-state index contributed by atoms with van der Waals surface area (Å²) >= 11 is 1.32. The molecule has 0 saturated carbocycles. The Bertz CT molecular complexity index is 554. The van der Waals surface area contributed by atoms with Crippen molar-refractivity contribution in [1.29, 1.82) is 0 Å². The van der Waals surface area contributed by atoms with Crippen LogP contribution in [-0.4, -0.2) is 20.2 Å². The highest BCUT2D eigenvalue weighted by molar-refractivity contribution is 7.99. The summed E-state index contributed by atoms with van der Waals surface area (Å²) in [6.45, 7) is 5.71. The van der Waals surface area contributed by atoms with Crippen LogP contribution in [0.15, 0.2) is 14.7 Å². The van der Waals surface area contributed by atoms with Crippen LogP contribution in [0.4, 0.5) is 5.82 Å². The number of hydrogen-bond acceptors (Lipinski definition) is 7. The average Bonchev–Trinajstić information content (AvgIpc) is 2.71. The maximum Gasteiger partial charge on any atom is 0.282 e. The molecule has 0 fully saturated rings. The molecular weight excluding hydrogens is 250 g/mol. The van der Waals surface area contributed by atoms with Crippen molar-refractivity contribution in [2.75, 3.05) is 5.73 Å². The molecule has 0 unspecified atom stereocenters. The summed E-state index contributed by atoms with van der Waals surface area (Å²) in [6.07, 6.45) is 1.78. The first-order valence-electron chi connectivity index (χ1n) is 5.71. The highest BCUT2D eigenvalue weighted by Crippen LogP contribution is 2.29. The number of nitrogens with zero attached hydrogens (tertiary/aromatic N) is 4. The number of aryl methyl sites for hydroxylation is 2. The monoisotopic (exact) mass is 265 g/mol. The second kappa shape index (κ2) is 5.34. The van der Waals surface area contributed by atoms with E-state index in [4.69, 9.17) is 10.2 Å². The molecule has 96 valence electrons. The molecule has 0 aliphatic rings. The van der Waals surface area contributed by atoms with Gasteiger partial charge in [0, 0.05) is 18.9 Å². The Morgan fingerprint density at radius 1 is 1.22 bits per heavy atom. The van der Waals surface area contributed by atoms with Crippen LogP contribution in [0.25, 0.3) is 0 Å². The second-order valence-corrected chi connectivity index (χ2v) is 4.83. The smallest absolute Gasteiger partial charge is 0.282 e. The summed E-state index contributed by atoms with van der Waals surface area (Å²) < 4.78 is 5.32. The molecule has 0 atom stereocenters. The molecule has 2 aromatic rings. The number of nitrogens with two attached hydrogens (primary N) is 1. The molecule has 6 nitrogen and oxygen atoms in total. The molecule has 0 aliphatic carbocycles. The number of anilines is 1. The first-order valence-corrected chi connectivity index (χ1v) is 6.52. The lowest BCUT2D eigenvalue weighted by Gasteiger charge is -2.07. The predicted octanol–water partition coefficient (Wildman–Crippen LogP) is 2.16. The fraction of sp³-hybridized carbons (Fsp3) is 0.455. The molecule has 0 bridgehead atoms. The van der Waals surface area contributed by atoms with Gasteiger partial charge in [0.15, 0.2) is 0 Å². The normalized spacial score (nSPS) is 10.8. The molecule has 0 aromatic carbocycles. The predicted molar refractivity (Wildman–Crippen MR) is 68.3 cm³/mol. The Kier molecular flexibility index (Phi) is 3.81. The van der Waals surface area contributed by atoms with Crippen LogP contribution in [-0.2, 0) is 6.42 Å². The third-order valence-corrected chi connectivity index (χ3v) is 3.28. The van der Waals surface area contributed by atoms with Crippen LogP contribution in [0.1, 0.15) is 30.6 Å². The Morgan fingerprint density at radius 3 is 2.61 bits per heavy atom. The molecule has 2 aromatic heterocycles. The fourth-order valence-electron chi connectivity index (χ4n) is 1.40. The Labute approximate surface area is 109 Å². The van der Waals surface area contributed by atoms with Gasteiger partial charge in [-0.1, -0.05) is 6.92 Å². The molecule has 7 heteroatoms. The minimum Gasteiger partial charge on any atom is -0.416 e. The van der Waals surface area contributed by atoms with E-state index >= 15 is 0 Å². The van der Waals surface area contributed by atoms with Crippen LogP contribution in [0.3, 0.4) is 0 Å². The summed E-state index contributed by atoms with van der Waals surface area (Å²) in [7, 11) is 0. The average molecular weight is 265 g/mol. The summed E-state index contributed by atoms with van der Waals surface area (Å²) in [5.41, 5.74) is 6.72. The van der Waals surface area contributed by atoms with Crippen molar-refractivity contribution in [3.63, 3.8) is 0 Å². The Morgan fingerprint density at radius 2 is 2.00 bits per heavy atom. The lowest BCUT2D eigenvalue weighted by Crippen LogP contribution is -2.04. The molecule has 0 aliphatic heterocycles. The quantitative estimate of drug-likeness (QED) is 0.847. The molecule has 0 amide bonds. The van der Waals surface area contributed by atoms with Crippen molar-refractivity contribution in [1.82, 2.24) is 20.2 Å². The highest BCUT2D eigenvalue weighted by Gasteiger charge is 2.13. The lowest BCUT2D eigenvalue weighted by atomic mass is 10.3. The third kappa shape index (κ3) is 2.79. The fourth-order valence-corrected chi connectivity index (χ4v) is 2.21. The number of hydrogen-bond donors (Lipinski definition) is 1. The van der Waals surface area contributed by atoms with Crippen molar-refractivity contribution >= 4 is 17.6 Å². The maximum absolute atomic E-state index is 5.88. The summed E-state index contributed by atoms with van der Waals surface area (Å²) in [6, 6.07) is 0. The van der Waals surface area contributed by atoms with Gasteiger partial charge in [-0.2, -0.15) is 0 Å². The van der Waals surface area contributed by atoms with Crippen molar-refractivity contribution < 1.29 is 4.42 Å². The van der Waals surface area contributed by atoms with Crippen LogP contribution < -0.4 is 5.73 Å². The molecule has 0 spiro atoms. The molecule has 0 saturated heterocycles. The van der Waals surface area contributed by atoms with E-state index in [0.29, 0.717) is 16.9 Å². The maximum atomic E-state index is 5.88. The van der Waals surface area contributed by atoms with Gasteiger partial charge < -0.3 is 10.2 Å². The first-order chi connectivity index (χ1) is 8.60. The summed E-state index contributed by atoms with van der Waals surface area (Å²) in [5.74, 6) is 1.79. The van der Waals surface area contributed by atoms with Crippen molar-refractivity contribution in [3.05, 3.63) is 17.3 Å². The molecule has 0 radical (unpaired) electrons. The minimum absolute atomic E-state index is 0.469. The number of aromatic nitrogens is 4.